The van der Waals surface area contributed by atoms with Crippen LogP contribution in [0.15, 0.2) is 103 Å². The molecular formula is C25H20ClN. The van der Waals surface area contributed by atoms with Crippen LogP contribution in [0.3, 0.4) is 0 Å². The summed E-state index contributed by atoms with van der Waals surface area (Å²) >= 11 is 6.10. The monoisotopic (exact) mass is 369 g/mol. The lowest BCUT2D eigenvalue weighted by molar-refractivity contribution is 1.27. The highest BCUT2D eigenvalue weighted by Gasteiger charge is 2.12. The molecular weight excluding hydrogens is 350 g/mol. The minimum atomic E-state index is 0.738. The normalized spacial score (nSPS) is 10.6. The molecule has 0 fully saturated rings. The van der Waals surface area contributed by atoms with Crippen LogP contribution in [0, 0.1) is 6.92 Å². The second-order valence-electron chi connectivity index (χ2n) is 6.56. The third-order valence-electron chi connectivity index (χ3n) is 4.61. The van der Waals surface area contributed by atoms with Gasteiger partial charge in [-0.25, -0.2) is 0 Å². The van der Waals surface area contributed by atoms with Crippen molar-refractivity contribution in [3.8, 4) is 11.1 Å². The van der Waals surface area contributed by atoms with Gasteiger partial charge in [0, 0.05) is 22.1 Å². The van der Waals surface area contributed by atoms with E-state index >= 15 is 0 Å². The first-order chi connectivity index (χ1) is 13.2. The molecule has 0 saturated heterocycles. The maximum atomic E-state index is 6.10. The Morgan fingerprint density at radius 1 is 0.519 bits per heavy atom. The molecule has 0 spiro atoms. The molecule has 0 unspecified atom stereocenters. The molecule has 27 heavy (non-hydrogen) atoms. The molecule has 0 N–H and O–H groups in total. The van der Waals surface area contributed by atoms with Crippen LogP contribution in [0.2, 0.25) is 5.02 Å². The Hall–Kier alpha value is -3.03. The summed E-state index contributed by atoms with van der Waals surface area (Å²) in [6.45, 7) is 2.10. The molecule has 4 aromatic rings. The molecule has 4 rings (SSSR count). The van der Waals surface area contributed by atoms with E-state index in [0.717, 1.165) is 22.1 Å². The van der Waals surface area contributed by atoms with Crippen molar-refractivity contribution in [2.75, 3.05) is 4.90 Å². The number of nitrogens with zero attached hydrogens (tertiary/aromatic N) is 1. The molecule has 1 nitrogen and oxygen atoms in total. The Morgan fingerprint density at radius 3 is 1.52 bits per heavy atom. The summed E-state index contributed by atoms with van der Waals surface area (Å²) in [4.78, 5) is 2.24. The first-order valence-corrected chi connectivity index (χ1v) is 9.36. The second-order valence-corrected chi connectivity index (χ2v) is 7.00. The van der Waals surface area contributed by atoms with E-state index in [0.29, 0.717) is 0 Å². The van der Waals surface area contributed by atoms with Gasteiger partial charge in [0.2, 0.25) is 0 Å². The predicted molar refractivity (Wildman–Crippen MR) is 116 cm³/mol. The number of aryl methyl sites for hydroxylation is 1. The van der Waals surface area contributed by atoms with Gasteiger partial charge in [-0.3, -0.25) is 0 Å². The van der Waals surface area contributed by atoms with Crippen LogP contribution in [0.5, 0.6) is 0 Å². The molecule has 0 aliphatic rings. The molecule has 2 heteroatoms. The Balaban J connectivity index is 1.76. The van der Waals surface area contributed by atoms with Crippen LogP contribution in [-0.4, -0.2) is 0 Å². The van der Waals surface area contributed by atoms with E-state index in [4.69, 9.17) is 11.6 Å². The fourth-order valence-electron chi connectivity index (χ4n) is 3.16. The molecule has 0 radical (unpaired) electrons. The standard InChI is InChI=1S/C25H20ClN/c1-19-7-13-23(14-8-19)27(25-17-11-22(26)12-18-25)24-15-9-21(10-16-24)20-5-3-2-4-6-20/h2-18H,1H3. The summed E-state index contributed by atoms with van der Waals surface area (Å²) in [7, 11) is 0. The predicted octanol–water partition coefficient (Wildman–Crippen LogP) is 7.79. The molecule has 0 aliphatic carbocycles. The van der Waals surface area contributed by atoms with Crippen molar-refractivity contribution in [2.24, 2.45) is 0 Å². The van der Waals surface area contributed by atoms with Gasteiger partial charge < -0.3 is 4.90 Å². The number of anilines is 3. The number of rotatable bonds is 4. The zero-order chi connectivity index (χ0) is 18.6. The van der Waals surface area contributed by atoms with Crippen molar-refractivity contribution >= 4 is 28.7 Å². The Bertz CT molecular complexity index is 959. The molecule has 0 saturated carbocycles. The first-order valence-electron chi connectivity index (χ1n) is 8.98. The average molecular weight is 370 g/mol. The van der Waals surface area contributed by atoms with Gasteiger partial charge in [0.1, 0.15) is 0 Å². The largest absolute Gasteiger partial charge is 0.311 e. The second kappa shape index (κ2) is 7.69. The fraction of sp³-hybridized carbons (Fsp3) is 0.0400. The summed E-state index contributed by atoms with van der Waals surface area (Å²) in [5, 5.41) is 0.738. The lowest BCUT2D eigenvalue weighted by Crippen LogP contribution is -2.09. The van der Waals surface area contributed by atoms with Crippen molar-refractivity contribution in [2.45, 2.75) is 6.92 Å². The van der Waals surface area contributed by atoms with Gasteiger partial charge in [0.15, 0.2) is 0 Å². The van der Waals surface area contributed by atoms with E-state index < -0.39 is 0 Å². The maximum absolute atomic E-state index is 6.10. The summed E-state index contributed by atoms with van der Waals surface area (Å²) in [5.74, 6) is 0. The van der Waals surface area contributed by atoms with Crippen LogP contribution in [0.1, 0.15) is 5.56 Å². The Labute approximate surface area is 165 Å². The quantitative estimate of drug-likeness (QED) is 0.355. The van der Waals surface area contributed by atoms with Crippen LogP contribution in [-0.2, 0) is 0 Å². The van der Waals surface area contributed by atoms with E-state index in [1.54, 1.807) is 0 Å². The lowest BCUT2D eigenvalue weighted by atomic mass is 10.0. The SMILES string of the molecule is Cc1ccc(N(c2ccc(Cl)cc2)c2ccc(-c3ccccc3)cc2)cc1. The van der Waals surface area contributed by atoms with Gasteiger partial charge in [-0.2, -0.15) is 0 Å². The van der Waals surface area contributed by atoms with Crippen LogP contribution < -0.4 is 4.90 Å². The zero-order valence-corrected chi connectivity index (χ0v) is 15.9. The fourth-order valence-corrected chi connectivity index (χ4v) is 3.29. The summed E-state index contributed by atoms with van der Waals surface area (Å²) in [6.07, 6.45) is 0. The van der Waals surface area contributed by atoms with E-state index in [9.17, 15) is 0 Å². The number of hydrogen-bond donors (Lipinski definition) is 0. The zero-order valence-electron chi connectivity index (χ0n) is 15.1. The van der Waals surface area contributed by atoms with Crippen LogP contribution >= 0.6 is 11.6 Å². The van der Waals surface area contributed by atoms with Crippen LogP contribution in [0.4, 0.5) is 17.1 Å². The highest BCUT2D eigenvalue weighted by molar-refractivity contribution is 6.30. The van der Waals surface area contributed by atoms with E-state index in [1.807, 2.05) is 30.3 Å². The molecule has 132 valence electrons. The van der Waals surface area contributed by atoms with Gasteiger partial charge in [-0.05, 0) is 66.6 Å². The van der Waals surface area contributed by atoms with E-state index in [-0.39, 0.29) is 0 Å². The average Bonchev–Trinajstić information content (AvgIpc) is 2.72. The first kappa shape index (κ1) is 17.4. The van der Waals surface area contributed by atoms with E-state index in [2.05, 4.69) is 84.6 Å². The smallest absolute Gasteiger partial charge is 0.0462 e. The molecule has 0 heterocycles. The summed E-state index contributed by atoms with van der Waals surface area (Å²) in [6, 6.07) is 35.6. The van der Waals surface area contributed by atoms with Crippen molar-refractivity contribution in [1.29, 1.82) is 0 Å². The minimum Gasteiger partial charge on any atom is -0.311 e. The molecule has 0 bridgehead atoms. The molecule has 0 amide bonds. The van der Waals surface area contributed by atoms with Crippen molar-refractivity contribution < 1.29 is 0 Å². The van der Waals surface area contributed by atoms with Gasteiger partial charge in [-0.1, -0.05) is 71.8 Å². The highest BCUT2D eigenvalue weighted by Crippen LogP contribution is 2.36. The lowest BCUT2D eigenvalue weighted by Gasteiger charge is -2.26. The van der Waals surface area contributed by atoms with Gasteiger partial charge >= 0.3 is 0 Å². The third-order valence-corrected chi connectivity index (χ3v) is 4.86. The number of benzene rings is 4. The molecule has 0 aromatic heterocycles. The highest BCUT2D eigenvalue weighted by atomic mass is 35.5. The Morgan fingerprint density at radius 2 is 0.963 bits per heavy atom. The Kier molecular flexibility index (Phi) is 4.95. The number of halogens is 1. The molecule has 0 atom stereocenters. The van der Waals surface area contributed by atoms with Crippen LogP contribution in [0.25, 0.3) is 11.1 Å². The maximum Gasteiger partial charge on any atom is 0.0462 e. The number of hydrogen-bond acceptors (Lipinski definition) is 1. The topological polar surface area (TPSA) is 3.24 Å². The van der Waals surface area contributed by atoms with Gasteiger partial charge in [0.25, 0.3) is 0 Å². The summed E-state index contributed by atoms with van der Waals surface area (Å²) in [5.41, 5.74) is 6.98. The third kappa shape index (κ3) is 3.89. The van der Waals surface area contributed by atoms with Gasteiger partial charge in [0.05, 0.1) is 0 Å². The minimum absolute atomic E-state index is 0.738. The molecule has 4 aromatic carbocycles. The van der Waals surface area contributed by atoms with Crippen molar-refractivity contribution in [3.63, 3.8) is 0 Å². The summed E-state index contributed by atoms with van der Waals surface area (Å²) < 4.78 is 0. The van der Waals surface area contributed by atoms with E-state index in [1.165, 1.54) is 16.7 Å². The van der Waals surface area contributed by atoms with Crippen molar-refractivity contribution in [3.05, 3.63) is 114 Å². The van der Waals surface area contributed by atoms with Crippen molar-refractivity contribution in [1.82, 2.24) is 0 Å². The molecule has 0 aliphatic heterocycles. The van der Waals surface area contributed by atoms with Gasteiger partial charge in [-0.15, -0.1) is 0 Å².